The van der Waals surface area contributed by atoms with E-state index in [2.05, 4.69) is 0 Å². The second kappa shape index (κ2) is 12.8. The van der Waals surface area contributed by atoms with Gasteiger partial charge < -0.3 is 0 Å². The number of hydrogen-bond donors (Lipinski definition) is 0. The van der Waals surface area contributed by atoms with Crippen LogP contribution in [-0.2, 0) is 0 Å². The van der Waals surface area contributed by atoms with Crippen molar-refractivity contribution in [3.8, 4) is 0 Å². The third-order valence-electron chi connectivity index (χ3n) is 2.61. The number of rotatable bonds is 0. The van der Waals surface area contributed by atoms with Gasteiger partial charge in [-0.25, -0.2) is 0 Å². The van der Waals surface area contributed by atoms with Crippen molar-refractivity contribution >= 4 is 104 Å². The number of benzene rings is 3. The summed E-state index contributed by atoms with van der Waals surface area (Å²) in [5.74, 6) is 0. The first kappa shape index (κ1) is 25.3. The van der Waals surface area contributed by atoms with Gasteiger partial charge in [0.15, 0.2) is 0 Å². The normalized spacial score (nSPS) is 9.67. The van der Waals surface area contributed by atoms with Crippen LogP contribution >= 0.6 is 104 Å². The van der Waals surface area contributed by atoms with E-state index < -0.39 is 0 Å². The lowest BCUT2D eigenvalue weighted by Crippen LogP contribution is -1.67. The lowest BCUT2D eigenvalue weighted by molar-refractivity contribution is 1.70. The molecular formula is C18H9Cl9. The van der Waals surface area contributed by atoms with Gasteiger partial charge >= 0.3 is 0 Å². The van der Waals surface area contributed by atoms with E-state index in [-0.39, 0.29) is 0 Å². The zero-order valence-electron chi connectivity index (χ0n) is 13.1. The summed E-state index contributed by atoms with van der Waals surface area (Å²) in [6.07, 6.45) is 0. The first-order chi connectivity index (χ1) is 12.6. The highest BCUT2D eigenvalue weighted by molar-refractivity contribution is 6.48. The Morgan fingerprint density at radius 3 is 1.15 bits per heavy atom. The first-order valence-corrected chi connectivity index (χ1v) is 10.3. The van der Waals surface area contributed by atoms with Gasteiger partial charge in [-0.05, 0) is 48.5 Å². The molecule has 0 saturated heterocycles. The number of halogens is 9. The summed E-state index contributed by atoms with van der Waals surface area (Å²) in [5, 5.41) is 4.70. The Hall–Kier alpha value is 0.270. The summed E-state index contributed by atoms with van der Waals surface area (Å²) in [5.41, 5.74) is 0. The van der Waals surface area contributed by atoms with Crippen LogP contribution in [0.2, 0.25) is 45.2 Å². The fourth-order valence-electron chi connectivity index (χ4n) is 1.47. The molecule has 27 heavy (non-hydrogen) atoms. The second-order valence-electron chi connectivity index (χ2n) is 4.68. The Labute approximate surface area is 202 Å². The fraction of sp³-hybridized carbons (Fsp3) is 0. The lowest BCUT2D eigenvalue weighted by atomic mass is 10.4. The molecule has 3 aromatic carbocycles. The zero-order valence-corrected chi connectivity index (χ0v) is 19.9. The van der Waals surface area contributed by atoms with E-state index in [1.807, 2.05) is 0 Å². The van der Waals surface area contributed by atoms with E-state index >= 15 is 0 Å². The van der Waals surface area contributed by atoms with Crippen molar-refractivity contribution in [2.45, 2.75) is 0 Å². The summed E-state index contributed by atoms with van der Waals surface area (Å²) < 4.78 is 0. The zero-order chi connectivity index (χ0) is 20.6. The van der Waals surface area contributed by atoms with E-state index in [9.17, 15) is 0 Å². The summed E-state index contributed by atoms with van der Waals surface area (Å²) >= 11 is 50.3. The Morgan fingerprint density at radius 1 is 0.370 bits per heavy atom. The van der Waals surface area contributed by atoms with Crippen molar-refractivity contribution in [1.29, 1.82) is 0 Å². The second-order valence-corrected chi connectivity index (χ2v) is 8.43. The Morgan fingerprint density at radius 2 is 0.815 bits per heavy atom. The molecule has 3 rings (SSSR count). The molecule has 0 aromatic heterocycles. The van der Waals surface area contributed by atoms with Crippen LogP contribution in [0.5, 0.6) is 0 Å². The minimum Gasteiger partial charge on any atom is -0.0843 e. The molecule has 144 valence electrons. The van der Waals surface area contributed by atoms with E-state index in [4.69, 9.17) is 104 Å². The quantitative estimate of drug-likeness (QED) is 0.195. The molecule has 0 heterocycles. The third-order valence-corrected chi connectivity index (χ3v) is 5.47. The van der Waals surface area contributed by atoms with Crippen molar-refractivity contribution in [2.24, 2.45) is 0 Å². The molecule has 9 heteroatoms. The molecule has 0 aliphatic rings. The van der Waals surface area contributed by atoms with Crippen LogP contribution in [0.3, 0.4) is 0 Å². The van der Waals surface area contributed by atoms with Crippen LogP contribution < -0.4 is 0 Å². The molecule has 0 N–H and O–H groups in total. The van der Waals surface area contributed by atoms with Gasteiger partial charge in [0.1, 0.15) is 0 Å². The van der Waals surface area contributed by atoms with Crippen molar-refractivity contribution in [3.63, 3.8) is 0 Å². The van der Waals surface area contributed by atoms with Crippen LogP contribution in [0.1, 0.15) is 0 Å². The highest BCUT2D eigenvalue weighted by Crippen LogP contribution is 2.28. The molecule has 0 saturated carbocycles. The largest absolute Gasteiger partial charge is 0.0843 e. The molecule has 0 atom stereocenters. The minimum atomic E-state index is 0.417. The van der Waals surface area contributed by atoms with E-state index in [0.717, 1.165) is 0 Å². The van der Waals surface area contributed by atoms with Crippen LogP contribution in [-0.4, -0.2) is 0 Å². The molecule has 0 aliphatic carbocycles. The molecule has 0 radical (unpaired) electrons. The average molecular weight is 544 g/mol. The van der Waals surface area contributed by atoms with Gasteiger partial charge in [-0.3, -0.25) is 0 Å². The highest BCUT2D eigenvalue weighted by atomic mass is 35.5. The van der Waals surface area contributed by atoms with Crippen LogP contribution in [0.25, 0.3) is 0 Å². The average Bonchev–Trinajstić information content (AvgIpc) is 2.56. The van der Waals surface area contributed by atoms with Gasteiger partial charge in [-0.2, -0.15) is 0 Å². The molecule has 0 bridgehead atoms. The van der Waals surface area contributed by atoms with Crippen LogP contribution in [0.15, 0.2) is 54.6 Å². The molecule has 0 spiro atoms. The van der Waals surface area contributed by atoms with Gasteiger partial charge in [-0.15, -0.1) is 0 Å². The maximum atomic E-state index is 5.61. The topological polar surface area (TPSA) is 0 Å². The molecule has 3 aromatic rings. The maximum absolute atomic E-state index is 5.61. The monoisotopic (exact) mass is 540 g/mol. The van der Waals surface area contributed by atoms with Gasteiger partial charge in [0.2, 0.25) is 0 Å². The standard InChI is InChI=1S/3C6H3Cl3/c7-4-1-5(8)3-6(9)2-4;7-4-1-2-5(8)6(9)3-4;7-4-2-1-3-5(8)6(4)9/h3*1-3H. The summed E-state index contributed by atoms with van der Waals surface area (Å²) in [6, 6.07) is 15.0. The number of hydrogen-bond acceptors (Lipinski definition) is 0. The summed E-state index contributed by atoms with van der Waals surface area (Å²) in [7, 11) is 0. The van der Waals surface area contributed by atoms with E-state index in [1.54, 1.807) is 54.6 Å². The smallest absolute Gasteiger partial charge is 0.0778 e. The van der Waals surface area contributed by atoms with Gasteiger partial charge in [0.25, 0.3) is 0 Å². The highest BCUT2D eigenvalue weighted by Gasteiger charge is 1.99. The summed E-state index contributed by atoms with van der Waals surface area (Å²) in [6.45, 7) is 0. The SMILES string of the molecule is Clc1cc(Cl)cc(Cl)c1.Clc1ccc(Cl)c(Cl)c1.Clc1cccc(Cl)c1Cl. The molecule has 0 aliphatic heterocycles. The molecule has 0 nitrogen and oxygen atoms in total. The van der Waals surface area contributed by atoms with E-state index in [0.29, 0.717) is 45.2 Å². The van der Waals surface area contributed by atoms with Crippen LogP contribution in [0.4, 0.5) is 0 Å². The van der Waals surface area contributed by atoms with Gasteiger partial charge in [0, 0.05) is 20.1 Å². The molecule has 0 fully saturated rings. The van der Waals surface area contributed by atoms with Crippen molar-refractivity contribution in [1.82, 2.24) is 0 Å². The van der Waals surface area contributed by atoms with Gasteiger partial charge in [-0.1, -0.05) is 110 Å². The minimum absolute atomic E-state index is 0.417. The van der Waals surface area contributed by atoms with Crippen molar-refractivity contribution < 1.29 is 0 Å². The van der Waals surface area contributed by atoms with Crippen molar-refractivity contribution in [3.05, 3.63) is 99.8 Å². The predicted molar refractivity (Wildman–Crippen MR) is 124 cm³/mol. The first-order valence-electron chi connectivity index (χ1n) is 6.91. The fourth-order valence-corrected chi connectivity index (χ4v) is 3.39. The van der Waals surface area contributed by atoms with Gasteiger partial charge in [0.05, 0.1) is 25.1 Å². The Kier molecular flexibility index (Phi) is 12.0. The Balaban J connectivity index is 0.000000202. The van der Waals surface area contributed by atoms with Crippen LogP contribution in [0, 0.1) is 0 Å². The molecule has 0 amide bonds. The third kappa shape index (κ3) is 10.0. The predicted octanol–water partition coefficient (Wildman–Crippen LogP) is 10.9. The van der Waals surface area contributed by atoms with E-state index in [1.165, 1.54) is 0 Å². The lowest BCUT2D eigenvalue weighted by Gasteiger charge is -1.94. The molecular weight excluding hydrogens is 535 g/mol. The summed E-state index contributed by atoms with van der Waals surface area (Å²) in [4.78, 5) is 0. The molecule has 0 unspecified atom stereocenters. The Bertz CT molecular complexity index is 823. The maximum Gasteiger partial charge on any atom is 0.0778 e. The van der Waals surface area contributed by atoms with Crippen molar-refractivity contribution in [2.75, 3.05) is 0 Å².